The number of carbonyl (C=O) groups is 3. The smallest absolute Gasteiger partial charge is 0.328 e. The number of Topliss-reactive ketones (excluding diaryl/α,β-unsaturated/α-hetero) is 1. The zero-order chi connectivity index (χ0) is 17.5. The van der Waals surface area contributed by atoms with E-state index >= 15 is 0 Å². The maximum absolute atomic E-state index is 11.4. The van der Waals surface area contributed by atoms with E-state index in [9.17, 15) is 14.4 Å². The fourth-order valence-electron chi connectivity index (χ4n) is 1.74. The van der Waals surface area contributed by atoms with E-state index in [0.717, 1.165) is 17.8 Å². The Labute approximate surface area is 142 Å². The first kappa shape index (κ1) is 17.4. The lowest BCUT2D eigenvalue weighted by Gasteiger charge is -2.03. The lowest BCUT2D eigenvalue weighted by Crippen LogP contribution is -2.20. The average Bonchev–Trinajstić information content (AvgIpc) is 2.99. The van der Waals surface area contributed by atoms with Gasteiger partial charge in [-0.2, -0.15) is 0 Å². The van der Waals surface area contributed by atoms with Crippen molar-refractivity contribution < 1.29 is 19.5 Å². The van der Waals surface area contributed by atoms with Crippen LogP contribution >= 0.6 is 11.3 Å². The molecular formula is C16H15N3O4S. The second kappa shape index (κ2) is 8.02. The van der Waals surface area contributed by atoms with Gasteiger partial charge in [-0.05, 0) is 31.2 Å². The van der Waals surface area contributed by atoms with Gasteiger partial charge in [0.25, 0.3) is 0 Å². The van der Waals surface area contributed by atoms with Gasteiger partial charge in [0, 0.05) is 28.8 Å². The van der Waals surface area contributed by atoms with Gasteiger partial charge in [-0.25, -0.2) is 9.78 Å². The van der Waals surface area contributed by atoms with Crippen LogP contribution in [0.5, 0.6) is 0 Å². The molecule has 0 aliphatic carbocycles. The Kier molecular flexibility index (Phi) is 5.80. The Morgan fingerprint density at radius 3 is 2.54 bits per heavy atom. The molecule has 2 aromatic rings. The van der Waals surface area contributed by atoms with E-state index in [4.69, 9.17) is 5.11 Å². The molecule has 3 N–H and O–H groups in total. The zero-order valence-corrected chi connectivity index (χ0v) is 13.6. The number of nitrogens with one attached hydrogen (secondary N) is 2. The van der Waals surface area contributed by atoms with Gasteiger partial charge < -0.3 is 15.7 Å². The summed E-state index contributed by atoms with van der Waals surface area (Å²) in [6.07, 6.45) is 1.72. The molecule has 8 heteroatoms. The topological polar surface area (TPSA) is 108 Å². The van der Waals surface area contributed by atoms with E-state index in [1.165, 1.54) is 18.3 Å². The van der Waals surface area contributed by atoms with Crippen LogP contribution in [-0.2, 0) is 16.1 Å². The van der Waals surface area contributed by atoms with Gasteiger partial charge >= 0.3 is 5.97 Å². The summed E-state index contributed by atoms with van der Waals surface area (Å²) < 4.78 is 0. The zero-order valence-electron chi connectivity index (χ0n) is 12.8. The van der Waals surface area contributed by atoms with Crippen LogP contribution in [0.4, 0.5) is 10.8 Å². The number of carboxylic acid groups (broad SMARTS) is 1. The van der Waals surface area contributed by atoms with Gasteiger partial charge in [-0.15, -0.1) is 11.3 Å². The second-order valence-electron chi connectivity index (χ2n) is 4.79. The molecule has 1 heterocycles. The number of benzene rings is 1. The summed E-state index contributed by atoms with van der Waals surface area (Å²) >= 11 is 1.37. The van der Waals surface area contributed by atoms with Gasteiger partial charge in [0.2, 0.25) is 5.91 Å². The summed E-state index contributed by atoms with van der Waals surface area (Å²) in [5.74, 6) is -1.67. The summed E-state index contributed by atoms with van der Waals surface area (Å²) in [5, 5.41) is 16.5. The first-order chi connectivity index (χ1) is 11.4. The van der Waals surface area contributed by atoms with E-state index in [0.29, 0.717) is 16.4 Å². The van der Waals surface area contributed by atoms with Crippen molar-refractivity contribution >= 4 is 39.8 Å². The predicted molar refractivity (Wildman–Crippen MR) is 90.5 cm³/mol. The van der Waals surface area contributed by atoms with Gasteiger partial charge in [0.1, 0.15) is 0 Å². The summed E-state index contributed by atoms with van der Waals surface area (Å²) in [4.78, 5) is 37.2. The van der Waals surface area contributed by atoms with Crippen LogP contribution in [0.3, 0.4) is 0 Å². The largest absolute Gasteiger partial charge is 0.478 e. The normalized spacial score (nSPS) is 10.5. The van der Waals surface area contributed by atoms with Crippen molar-refractivity contribution in [2.75, 3.05) is 5.32 Å². The minimum absolute atomic E-state index is 0.00535. The SMILES string of the molecule is CC(=O)c1ccc(Nc2nc(CNC(=O)/C=C/C(=O)O)cs2)cc1. The average molecular weight is 345 g/mol. The fourth-order valence-corrected chi connectivity index (χ4v) is 2.47. The number of hydrogen-bond donors (Lipinski definition) is 3. The molecule has 0 aliphatic rings. The van der Waals surface area contributed by atoms with Crippen LogP contribution < -0.4 is 10.6 Å². The van der Waals surface area contributed by atoms with Crippen LogP contribution in [0.15, 0.2) is 41.8 Å². The predicted octanol–water partition coefficient (Wildman–Crippen LogP) is 2.35. The second-order valence-corrected chi connectivity index (χ2v) is 5.65. The molecule has 1 aromatic heterocycles. The highest BCUT2D eigenvalue weighted by Crippen LogP contribution is 2.21. The number of thiazole rings is 1. The molecule has 0 bridgehead atoms. The first-order valence-corrected chi connectivity index (χ1v) is 7.83. The number of aliphatic carboxylic acids is 1. The number of carbonyl (C=O) groups excluding carboxylic acids is 2. The maximum atomic E-state index is 11.4. The monoisotopic (exact) mass is 345 g/mol. The Balaban J connectivity index is 1.89. The van der Waals surface area contributed by atoms with E-state index in [2.05, 4.69) is 15.6 Å². The van der Waals surface area contributed by atoms with E-state index in [1.807, 2.05) is 0 Å². The van der Waals surface area contributed by atoms with Gasteiger partial charge in [0.05, 0.1) is 12.2 Å². The third-order valence-electron chi connectivity index (χ3n) is 2.92. The van der Waals surface area contributed by atoms with Crippen LogP contribution in [0.2, 0.25) is 0 Å². The molecule has 0 saturated carbocycles. The van der Waals surface area contributed by atoms with E-state index < -0.39 is 11.9 Å². The Morgan fingerprint density at radius 2 is 1.92 bits per heavy atom. The number of carboxylic acids is 1. The van der Waals surface area contributed by atoms with Crippen molar-refractivity contribution in [3.05, 3.63) is 53.1 Å². The number of amides is 1. The third kappa shape index (κ3) is 5.33. The molecule has 0 unspecified atom stereocenters. The number of aromatic nitrogens is 1. The Morgan fingerprint density at radius 1 is 1.21 bits per heavy atom. The highest BCUT2D eigenvalue weighted by atomic mass is 32.1. The molecule has 0 saturated heterocycles. The first-order valence-electron chi connectivity index (χ1n) is 6.95. The van der Waals surface area contributed by atoms with Gasteiger partial charge in [0.15, 0.2) is 10.9 Å². The Bertz CT molecular complexity index is 781. The van der Waals surface area contributed by atoms with Crippen LogP contribution in [0, 0.1) is 0 Å². The molecule has 7 nitrogen and oxygen atoms in total. The maximum Gasteiger partial charge on any atom is 0.328 e. The number of nitrogens with zero attached hydrogens (tertiary/aromatic N) is 1. The molecule has 2 rings (SSSR count). The van der Waals surface area contributed by atoms with E-state index in [1.54, 1.807) is 29.6 Å². The number of hydrogen-bond acceptors (Lipinski definition) is 6. The number of ketones is 1. The molecule has 1 amide bonds. The van der Waals surface area contributed by atoms with E-state index in [-0.39, 0.29) is 12.3 Å². The molecule has 0 atom stereocenters. The highest BCUT2D eigenvalue weighted by molar-refractivity contribution is 7.13. The molecule has 0 fully saturated rings. The molecule has 124 valence electrons. The molecule has 0 radical (unpaired) electrons. The number of anilines is 2. The molecular weight excluding hydrogens is 330 g/mol. The van der Waals surface area contributed by atoms with Crippen molar-refractivity contribution in [1.82, 2.24) is 10.3 Å². The van der Waals surface area contributed by atoms with Crippen molar-refractivity contribution in [3.8, 4) is 0 Å². The minimum Gasteiger partial charge on any atom is -0.478 e. The van der Waals surface area contributed by atoms with Crippen molar-refractivity contribution in [2.24, 2.45) is 0 Å². The summed E-state index contributed by atoms with van der Waals surface area (Å²) in [6.45, 7) is 1.71. The van der Waals surface area contributed by atoms with Crippen LogP contribution in [0.25, 0.3) is 0 Å². The number of rotatable bonds is 7. The van der Waals surface area contributed by atoms with Crippen molar-refractivity contribution in [1.29, 1.82) is 0 Å². The van der Waals surface area contributed by atoms with Crippen molar-refractivity contribution in [2.45, 2.75) is 13.5 Å². The standard InChI is InChI=1S/C16H15N3O4S/c1-10(20)11-2-4-12(5-3-11)18-16-19-13(9-24-16)8-17-14(21)6-7-15(22)23/h2-7,9H,8H2,1H3,(H,17,21)(H,18,19)(H,22,23)/b7-6+. The molecule has 0 spiro atoms. The molecule has 1 aromatic carbocycles. The third-order valence-corrected chi connectivity index (χ3v) is 3.72. The van der Waals surface area contributed by atoms with Crippen LogP contribution in [0.1, 0.15) is 23.0 Å². The molecule has 0 aliphatic heterocycles. The lowest BCUT2D eigenvalue weighted by molar-refractivity contribution is -0.131. The lowest BCUT2D eigenvalue weighted by atomic mass is 10.1. The fraction of sp³-hybridized carbons (Fsp3) is 0.125. The quantitative estimate of drug-likeness (QED) is 0.525. The highest BCUT2D eigenvalue weighted by Gasteiger charge is 2.05. The molecule has 24 heavy (non-hydrogen) atoms. The summed E-state index contributed by atoms with van der Waals surface area (Å²) in [7, 11) is 0. The summed E-state index contributed by atoms with van der Waals surface area (Å²) in [6, 6.07) is 7.04. The minimum atomic E-state index is -1.18. The van der Waals surface area contributed by atoms with Gasteiger partial charge in [-0.3, -0.25) is 9.59 Å². The summed E-state index contributed by atoms with van der Waals surface area (Å²) in [5.41, 5.74) is 2.09. The van der Waals surface area contributed by atoms with Gasteiger partial charge in [-0.1, -0.05) is 0 Å². The Hall–Kier alpha value is -3.00. The van der Waals surface area contributed by atoms with Crippen LogP contribution in [-0.4, -0.2) is 27.8 Å². The van der Waals surface area contributed by atoms with Crippen molar-refractivity contribution in [3.63, 3.8) is 0 Å².